The Bertz CT molecular complexity index is 1810. The molecule has 0 unspecified atom stereocenters. The highest BCUT2D eigenvalue weighted by Gasteiger charge is 2.33. The van der Waals surface area contributed by atoms with Crippen LogP contribution in [0.15, 0.2) is 87.8 Å². The first-order valence-corrected chi connectivity index (χ1v) is 13.9. The minimum atomic E-state index is -0.839. The molecule has 2 heterocycles. The predicted molar refractivity (Wildman–Crippen MR) is 154 cm³/mol. The number of benzene rings is 3. The van der Waals surface area contributed by atoms with Crippen LogP contribution in [-0.4, -0.2) is 17.1 Å². The number of hydrogen-bond donors (Lipinski definition) is 0. The average Bonchev–Trinajstić information content (AvgIpc) is 3.23. The van der Waals surface area contributed by atoms with E-state index in [0.717, 1.165) is 5.56 Å². The van der Waals surface area contributed by atoms with E-state index in [2.05, 4.69) is 4.99 Å². The molecule has 5 rings (SSSR count). The van der Waals surface area contributed by atoms with Gasteiger partial charge < -0.3 is 9.47 Å². The monoisotopic (exact) mass is 596 g/mol. The molecule has 1 aliphatic heterocycles. The van der Waals surface area contributed by atoms with Gasteiger partial charge in [0.05, 0.1) is 28.5 Å². The maximum absolute atomic E-state index is 13.9. The van der Waals surface area contributed by atoms with Crippen LogP contribution in [0, 0.1) is 5.82 Å². The Morgan fingerprint density at radius 3 is 2.60 bits per heavy atom. The number of ether oxygens (including phenoxy) is 2. The number of rotatable bonds is 7. The van der Waals surface area contributed by atoms with E-state index in [4.69, 9.17) is 32.7 Å². The standard InChI is InChI=1S/C30H23Cl2FN2O4S/c1-3-38-29(37)26-17(2)34-30-35(27(26)18-8-11-22(33)12-9-18)28(36)25(40-30)15-20-14-21(31)10-13-24(20)39-16-19-6-4-5-7-23(19)32/h4-15,27H,3,16H2,1-2H3/b25-15-/t27-/m1/s1. The Hall–Kier alpha value is -3.72. The molecule has 3 aromatic carbocycles. The van der Waals surface area contributed by atoms with E-state index in [1.54, 1.807) is 56.3 Å². The van der Waals surface area contributed by atoms with Crippen LogP contribution >= 0.6 is 34.5 Å². The largest absolute Gasteiger partial charge is 0.488 e. The number of hydrogen-bond acceptors (Lipinski definition) is 6. The van der Waals surface area contributed by atoms with E-state index in [0.29, 0.717) is 42.0 Å². The molecular formula is C30H23Cl2FN2O4S. The maximum Gasteiger partial charge on any atom is 0.338 e. The molecule has 1 aliphatic rings. The molecule has 1 aromatic heterocycles. The third-order valence-corrected chi connectivity index (χ3v) is 7.89. The number of aromatic nitrogens is 1. The molecule has 0 saturated carbocycles. The lowest BCUT2D eigenvalue weighted by Gasteiger charge is -2.24. The molecular weight excluding hydrogens is 574 g/mol. The van der Waals surface area contributed by atoms with Crippen molar-refractivity contribution < 1.29 is 18.7 Å². The quantitative estimate of drug-likeness (QED) is 0.252. The number of thiazole rings is 1. The molecule has 0 bridgehead atoms. The third-order valence-electron chi connectivity index (χ3n) is 6.30. The van der Waals surface area contributed by atoms with E-state index in [-0.39, 0.29) is 24.3 Å². The maximum atomic E-state index is 13.9. The molecule has 204 valence electrons. The number of nitrogens with zero attached hydrogens (tertiary/aromatic N) is 2. The zero-order chi connectivity index (χ0) is 28.4. The summed E-state index contributed by atoms with van der Waals surface area (Å²) in [4.78, 5) is 31.8. The second-order valence-electron chi connectivity index (χ2n) is 8.92. The van der Waals surface area contributed by atoms with Gasteiger partial charge in [-0.15, -0.1) is 0 Å². The van der Waals surface area contributed by atoms with Gasteiger partial charge in [-0.25, -0.2) is 14.2 Å². The highest BCUT2D eigenvalue weighted by molar-refractivity contribution is 7.07. The van der Waals surface area contributed by atoms with Gasteiger partial charge in [0.1, 0.15) is 18.2 Å². The summed E-state index contributed by atoms with van der Waals surface area (Å²) in [5.74, 6) is -0.508. The molecule has 0 aliphatic carbocycles. The van der Waals surface area contributed by atoms with Crippen molar-refractivity contribution in [3.63, 3.8) is 0 Å². The van der Waals surface area contributed by atoms with Crippen molar-refractivity contribution in [2.24, 2.45) is 4.99 Å². The van der Waals surface area contributed by atoms with Crippen molar-refractivity contribution in [1.29, 1.82) is 0 Å². The SMILES string of the molecule is CCOC(=O)C1=C(C)N=c2s/c(=C\c3cc(Cl)ccc3OCc3ccccc3Cl)c(=O)n2[C@@H]1c1ccc(F)cc1. The topological polar surface area (TPSA) is 69.9 Å². The molecule has 4 aromatic rings. The van der Waals surface area contributed by atoms with Crippen LogP contribution in [0.25, 0.3) is 6.08 Å². The van der Waals surface area contributed by atoms with Gasteiger partial charge in [-0.1, -0.05) is 64.9 Å². The van der Waals surface area contributed by atoms with Gasteiger partial charge in [0, 0.05) is 21.2 Å². The summed E-state index contributed by atoms with van der Waals surface area (Å²) in [5, 5.41) is 1.05. The van der Waals surface area contributed by atoms with Crippen LogP contribution < -0.4 is 19.6 Å². The van der Waals surface area contributed by atoms with Crippen molar-refractivity contribution in [3.8, 4) is 5.75 Å². The van der Waals surface area contributed by atoms with E-state index in [9.17, 15) is 14.0 Å². The lowest BCUT2D eigenvalue weighted by molar-refractivity contribution is -0.139. The van der Waals surface area contributed by atoms with Gasteiger partial charge in [-0.2, -0.15) is 0 Å². The summed E-state index contributed by atoms with van der Waals surface area (Å²) in [5.41, 5.74) is 2.23. The molecule has 0 spiro atoms. The Balaban J connectivity index is 1.62. The summed E-state index contributed by atoms with van der Waals surface area (Å²) < 4.78 is 26.9. The fourth-order valence-corrected chi connectivity index (χ4v) is 5.84. The Kier molecular flexibility index (Phi) is 8.21. The summed E-state index contributed by atoms with van der Waals surface area (Å²) in [6.45, 7) is 3.77. The van der Waals surface area contributed by atoms with Gasteiger partial charge in [0.25, 0.3) is 5.56 Å². The van der Waals surface area contributed by atoms with Crippen LogP contribution in [0.5, 0.6) is 5.75 Å². The minimum absolute atomic E-state index is 0.155. The number of halogens is 3. The van der Waals surface area contributed by atoms with Crippen LogP contribution in [0.4, 0.5) is 4.39 Å². The van der Waals surface area contributed by atoms with Gasteiger partial charge in [-0.3, -0.25) is 9.36 Å². The molecule has 0 fully saturated rings. The summed E-state index contributed by atoms with van der Waals surface area (Å²) in [6.07, 6.45) is 1.68. The Morgan fingerprint density at radius 1 is 1.12 bits per heavy atom. The molecule has 10 heteroatoms. The zero-order valence-electron chi connectivity index (χ0n) is 21.5. The van der Waals surface area contributed by atoms with Crippen LogP contribution in [0.1, 0.15) is 36.6 Å². The highest BCUT2D eigenvalue weighted by atomic mass is 35.5. The number of fused-ring (bicyclic) bond motifs is 1. The van der Waals surface area contributed by atoms with E-state index in [1.807, 2.05) is 18.2 Å². The first-order valence-electron chi connectivity index (χ1n) is 12.4. The van der Waals surface area contributed by atoms with E-state index < -0.39 is 17.8 Å². The second-order valence-corrected chi connectivity index (χ2v) is 10.8. The lowest BCUT2D eigenvalue weighted by Crippen LogP contribution is -2.39. The molecule has 6 nitrogen and oxygen atoms in total. The molecule has 0 N–H and O–H groups in total. The van der Waals surface area contributed by atoms with Crippen molar-refractivity contribution >= 4 is 46.6 Å². The average molecular weight is 597 g/mol. The third kappa shape index (κ3) is 5.61. The van der Waals surface area contributed by atoms with Gasteiger partial charge >= 0.3 is 5.97 Å². The van der Waals surface area contributed by atoms with E-state index in [1.165, 1.54) is 28.0 Å². The summed E-state index contributed by atoms with van der Waals surface area (Å²) in [6, 6.07) is 17.3. The van der Waals surface area contributed by atoms with Gasteiger partial charge in [0.15, 0.2) is 4.80 Å². The van der Waals surface area contributed by atoms with E-state index >= 15 is 0 Å². The number of esters is 1. The predicted octanol–water partition coefficient (Wildman–Crippen LogP) is 5.82. The highest BCUT2D eigenvalue weighted by Crippen LogP contribution is 2.31. The zero-order valence-corrected chi connectivity index (χ0v) is 23.8. The van der Waals surface area contributed by atoms with Crippen LogP contribution in [0.3, 0.4) is 0 Å². The Morgan fingerprint density at radius 2 is 1.88 bits per heavy atom. The number of allylic oxidation sites excluding steroid dienone is 1. The number of carbonyl (C=O) groups is 1. The van der Waals surface area contributed by atoms with Crippen molar-refractivity contribution in [2.75, 3.05) is 6.61 Å². The van der Waals surface area contributed by atoms with Crippen LogP contribution in [-0.2, 0) is 16.1 Å². The smallest absolute Gasteiger partial charge is 0.338 e. The van der Waals surface area contributed by atoms with Crippen molar-refractivity contribution in [3.05, 3.63) is 130 Å². The normalized spacial score (nSPS) is 15.0. The fraction of sp³-hybridized carbons (Fsp3) is 0.167. The Labute approximate surface area is 243 Å². The molecule has 0 saturated heterocycles. The first kappa shape index (κ1) is 27.8. The fourth-order valence-electron chi connectivity index (χ4n) is 4.43. The number of carbonyl (C=O) groups excluding carboxylic acids is 1. The minimum Gasteiger partial charge on any atom is -0.488 e. The van der Waals surface area contributed by atoms with Crippen molar-refractivity contribution in [1.82, 2.24) is 4.57 Å². The summed E-state index contributed by atoms with van der Waals surface area (Å²) in [7, 11) is 0. The van der Waals surface area contributed by atoms with Gasteiger partial charge in [0.2, 0.25) is 0 Å². The molecule has 0 amide bonds. The first-order chi connectivity index (χ1) is 19.3. The van der Waals surface area contributed by atoms with Gasteiger partial charge in [-0.05, 0) is 61.9 Å². The van der Waals surface area contributed by atoms with Crippen molar-refractivity contribution in [2.45, 2.75) is 26.5 Å². The van der Waals surface area contributed by atoms with Crippen LogP contribution in [0.2, 0.25) is 10.0 Å². The second kappa shape index (κ2) is 11.8. The summed E-state index contributed by atoms with van der Waals surface area (Å²) >= 11 is 13.8. The molecule has 0 radical (unpaired) electrons. The molecule has 40 heavy (non-hydrogen) atoms. The lowest BCUT2D eigenvalue weighted by atomic mass is 9.96. The molecule has 1 atom stereocenters.